The lowest BCUT2D eigenvalue weighted by Gasteiger charge is -2.05. The number of hydrogen-bond donors (Lipinski definition) is 1. The Morgan fingerprint density at radius 3 is 2.84 bits per heavy atom. The van der Waals surface area contributed by atoms with Crippen LogP contribution >= 0.6 is 0 Å². The first-order chi connectivity index (χ1) is 9.28. The van der Waals surface area contributed by atoms with Gasteiger partial charge in [-0.1, -0.05) is 17.3 Å². The van der Waals surface area contributed by atoms with E-state index in [1.165, 1.54) is 0 Å². The Morgan fingerprint density at radius 1 is 1.32 bits per heavy atom. The maximum atomic E-state index is 5.48. The fraction of sp³-hybridized carbons (Fsp3) is 0.154. The molecule has 6 heteroatoms. The van der Waals surface area contributed by atoms with Crippen molar-refractivity contribution >= 4 is 0 Å². The van der Waals surface area contributed by atoms with Crippen LogP contribution < -0.4 is 5.73 Å². The van der Waals surface area contributed by atoms with Crippen LogP contribution in [0.4, 0.5) is 0 Å². The average Bonchev–Trinajstić information content (AvgIpc) is 3.07. The molecule has 2 N–H and O–H groups in total. The van der Waals surface area contributed by atoms with Crippen LogP contribution in [0.25, 0.3) is 17.1 Å². The number of rotatable bonds is 3. The maximum Gasteiger partial charge on any atom is 0.240 e. The topological polar surface area (TPSA) is 82.8 Å². The largest absolute Gasteiger partial charge is 0.338 e. The van der Waals surface area contributed by atoms with Gasteiger partial charge in [0.1, 0.15) is 0 Å². The molecule has 0 radical (unpaired) electrons. The zero-order valence-electron chi connectivity index (χ0n) is 10.4. The smallest absolute Gasteiger partial charge is 0.240 e. The van der Waals surface area contributed by atoms with Crippen molar-refractivity contribution in [3.05, 3.63) is 48.1 Å². The number of para-hydroxylation sites is 1. The summed E-state index contributed by atoms with van der Waals surface area (Å²) in [4.78, 5) is 4.25. The van der Waals surface area contributed by atoms with Crippen molar-refractivity contribution in [2.24, 2.45) is 5.73 Å². The lowest BCUT2D eigenvalue weighted by molar-refractivity contribution is 0.380. The molecule has 0 atom stereocenters. The molecule has 1 aromatic carbocycles. The van der Waals surface area contributed by atoms with Gasteiger partial charge in [-0.2, -0.15) is 10.1 Å². The van der Waals surface area contributed by atoms with E-state index in [0.29, 0.717) is 11.7 Å². The minimum absolute atomic E-state index is 0.232. The quantitative estimate of drug-likeness (QED) is 0.770. The predicted octanol–water partition coefficient (Wildman–Crippen LogP) is 1.69. The first-order valence-corrected chi connectivity index (χ1v) is 5.91. The molecular weight excluding hydrogens is 242 g/mol. The third kappa shape index (κ3) is 2.13. The Morgan fingerprint density at radius 2 is 2.16 bits per heavy atom. The first-order valence-electron chi connectivity index (χ1n) is 5.91. The Kier molecular flexibility index (Phi) is 2.85. The van der Waals surface area contributed by atoms with E-state index in [1.807, 2.05) is 37.4 Å². The molecule has 0 bridgehead atoms. The first kappa shape index (κ1) is 11.6. The molecule has 0 saturated heterocycles. The summed E-state index contributed by atoms with van der Waals surface area (Å²) in [5.41, 5.74) is 8.33. The van der Waals surface area contributed by atoms with Crippen LogP contribution in [0.5, 0.6) is 0 Å². The SMILES string of the molecule is Cc1cnn(-c2ccccc2-c2noc(CN)n2)c1. The van der Waals surface area contributed by atoms with Gasteiger partial charge in [0.2, 0.25) is 11.7 Å². The van der Waals surface area contributed by atoms with Crippen molar-refractivity contribution in [1.82, 2.24) is 19.9 Å². The van der Waals surface area contributed by atoms with Crippen molar-refractivity contribution in [3.63, 3.8) is 0 Å². The van der Waals surface area contributed by atoms with Crippen molar-refractivity contribution in [2.75, 3.05) is 0 Å². The molecule has 0 unspecified atom stereocenters. The summed E-state index contributed by atoms with van der Waals surface area (Å²) in [5.74, 6) is 0.936. The highest BCUT2D eigenvalue weighted by Gasteiger charge is 2.13. The van der Waals surface area contributed by atoms with Crippen LogP contribution in [0.3, 0.4) is 0 Å². The summed E-state index contributed by atoms with van der Waals surface area (Å²) in [6, 6.07) is 7.76. The van der Waals surface area contributed by atoms with Crippen molar-refractivity contribution in [3.8, 4) is 17.1 Å². The van der Waals surface area contributed by atoms with Crippen LogP contribution in [0, 0.1) is 6.92 Å². The molecule has 0 aliphatic rings. The van der Waals surface area contributed by atoms with Gasteiger partial charge < -0.3 is 10.3 Å². The average molecular weight is 255 g/mol. The van der Waals surface area contributed by atoms with Gasteiger partial charge in [0.25, 0.3) is 0 Å². The Hall–Kier alpha value is -2.47. The highest BCUT2D eigenvalue weighted by molar-refractivity contribution is 5.66. The predicted molar refractivity (Wildman–Crippen MR) is 69.5 cm³/mol. The third-order valence-electron chi connectivity index (χ3n) is 2.75. The minimum atomic E-state index is 0.232. The molecule has 0 aliphatic carbocycles. The summed E-state index contributed by atoms with van der Waals surface area (Å²) in [6.07, 6.45) is 3.75. The Bertz CT molecular complexity index is 700. The van der Waals surface area contributed by atoms with E-state index in [-0.39, 0.29) is 6.54 Å². The van der Waals surface area contributed by atoms with Gasteiger partial charge in [-0.3, -0.25) is 0 Å². The number of aromatic nitrogens is 4. The van der Waals surface area contributed by atoms with Gasteiger partial charge in [-0.25, -0.2) is 4.68 Å². The van der Waals surface area contributed by atoms with Crippen molar-refractivity contribution in [1.29, 1.82) is 0 Å². The van der Waals surface area contributed by atoms with E-state index in [0.717, 1.165) is 16.8 Å². The molecule has 2 aromatic heterocycles. The monoisotopic (exact) mass is 255 g/mol. The molecule has 3 rings (SSSR count). The van der Waals surface area contributed by atoms with Crippen LogP contribution in [0.2, 0.25) is 0 Å². The number of aryl methyl sites for hydroxylation is 1. The van der Waals surface area contributed by atoms with E-state index < -0.39 is 0 Å². The third-order valence-corrected chi connectivity index (χ3v) is 2.75. The van der Waals surface area contributed by atoms with Gasteiger partial charge in [-0.05, 0) is 24.6 Å². The normalized spacial score (nSPS) is 10.8. The number of nitrogens with zero attached hydrogens (tertiary/aromatic N) is 4. The van der Waals surface area contributed by atoms with E-state index >= 15 is 0 Å². The fourth-order valence-electron chi connectivity index (χ4n) is 1.85. The van der Waals surface area contributed by atoms with Crippen molar-refractivity contribution < 1.29 is 4.52 Å². The molecular formula is C13H13N5O. The molecule has 96 valence electrons. The van der Waals surface area contributed by atoms with Gasteiger partial charge in [-0.15, -0.1) is 0 Å². The molecule has 0 fully saturated rings. The van der Waals surface area contributed by atoms with Crippen LogP contribution in [-0.4, -0.2) is 19.9 Å². The Labute approximate surface area is 109 Å². The second-order valence-corrected chi connectivity index (χ2v) is 4.20. The zero-order valence-corrected chi connectivity index (χ0v) is 10.4. The second kappa shape index (κ2) is 4.66. The molecule has 0 spiro atoms. The van der Waals surface area contributed by atoms with Gasteiger partial charge in [0, 0.05) is 11.8 Å². The standard InChI is InChI=1S/C13H13N5O/c1-9-7-15-18(8-9)11-5-3-2-4-10(11)13-16-12(6-14)19-17-13/h2-5,7-8H,6,14H2,1H3. The molecule has 0 amide bonds. The van der Waals surface area contributed by atoms with Gasteiger partial charge in [0.05, 0.1) is 18.4 Å². The summed E-state index contributed by atoms with van der Waals surface area (Å²) >= 11 is 0. The second-order valence-electron chi connectivity index (χ2n) is 4.20. The molecule has 3 aromatic rings. The van der Waals surface area contributed by atoms with Gasteiger partial charge in [0.15, 0.2) is 0 Å². The fourth-order valence-corrected chi connectivity index (χ4v) is 1.85. The van der Waals surface area contributed by atoms with E-state index in [4.69, 9.17) is 10.3 Å². The van der Waals surface area contributed by atoms with Gasteiger partial charge >= 0.3 is 0 Å². The van der Waals surface area contributed by atoms with Crippen LogP contribution in [0.15, 0.2) is 41.2 Å². The summed E-state index contributed by atoms with van der Waals surface area (Å²) in [7, 11) is 0. The van der Waals surface area contributed by atoms with E-state index in [9.17, 15) is 0 Å². The minimum Gasteiger partial charge on any atom is -0.338 e. The molecule has 2 heterocycles. The maximum absolute atomic E-state index is 5.48. The Balaban J connectivity index is 2.11. The number of hydrogen-bond acceptors (Lipinski definition) is 5. The highest BCUT2D eigenvalue weighted by atomic mass is 16.5. The zero-order chi connectivity index (χ0) is 13.2. The van der Waals surface area contributed by atoms with E-state index in [1.54, 1.807) is 10.9 Å². The molecule has 6 nitrogen and oxygen atoms in total. The summed E-state index contributed by atoms with van der Waals surface area (Å²) < 4.78 is 6.84. The molecule has 0 aliphatic heterocycles. The number of nitrogens with two attached hydrogens (primary N) is 1. The molecule has 19 heavy (non-hydrogen) atoms. The summed E-state index contributed by atoms with van der Waals surface area (Å²) in [6.45, 7) is 2.23. The lowest BCUT2D eigenvalue weighted by atomic mass is 10.1. The van der Waals surface area contributed by atoms with Crippen molar-refractivity contribution in [2.45, 2.75) is 13.5 Å². The van der Waals surface area contributed by atoms with Crippen LogP contribution in [-0.2, 0) is 6.54 Å². The summed E-state index contributed by atoms with van der Waals surface area (Å²) in [5, 5.41) is 8.25. The lowest BCUT2D eigenvalue weighted by Crippen LogP contribution is -1.99. The van der Waals surface area contributed by atoms with E-state index in [2.05, 4.69) is 15.2 Å². The molecule has 0 saturated carbocycles. The number of benzene rings is 1. The highest BCUT2D eigenvalue weighted by Crippen LogP contribution is 2.23. The van der Waals surface area contributed by atoms with Crippen LogP contribution in [0.1, 0.15) is 11.5 Å².